The molecule has 1 aliphatic heterocycles. The van der Waals surface area contributed by atoms with Gasteiger partial charge >= 0.3 is 0 Å². The zero-order valence-electron chi connectivity index (χ0n) is 11.4. The predicted molar refractivity (Wildman–Crippen MR) is 78.3 cm³/mol. The van der Waals surface area contributed by atoms with Gasteiger partial charge in [0.25, 0.3) is 5.91 Å². The summed E-state index contributed by atoms with van der Waals surface area (Å²) in [6, 6.07) is 13.7. The molecule has 0 unspecified atom stereocenters. The molecule has 0 saturated carbocycles. The van der Waals surface area contributed by atoms with Gasteiger partial charge in [-0.15, -0.1) is 0 Å². The van der Waals surface area contributed by atoms with Gasteiger partial charge in [0.05, 0.1) is 6.04 Å². The SMILES string of the molecule is O=C(c1ccccc1)N1CCCC[C@H]1c1cccnc1. The van der Waals surface area contributed by atoms with E-state index in [1.165, 1.54) is 0 Å². The molecule has 0 aliphatic carbocycles. The minimum absolute atomic E-state index is 0.124. The molecule has 0 radical (unpaired) electrons. The van der Waals surface area contributed by atoms with Crippen LogP contribution in [0.25, 0.3) is 0 Å². The number of piperidine rings is 1. The molecule has 0 bridgehead atoms. The molecule has 3 rings (SSSR count). The summed E-state index contributed by atoms with van der Waals surface area (Å²) in [5.74, 6) is 0.124. The second-order valence-corrected chi connectivity index (χ2v) is 5.16. The van der Waals surface area contributed by atoms with Crippen molar-refractivity contribution in [2.45, 2.75) is 25.3 Å². The first-order valence-corrected chi connectivity index (χ1v) is 7.12. The Balaban J connectivity index is 1.88. The fourth-order valence-corrected chi connectivity index (χ4v) is 2.84. The summed E-state index contributed by atoms with van der Waals surface area (Å²) in [6.45, 7) is 0.827. The summed E-state index contributed by atoms with van der Waals surface area (Å²) in [4.78, 5) is 18.9. The van der Waals surface area contributed by atoms with Crippen molar-refractivity contribution in [3.05, 3.63) is 66.0 Å². The molecular weight excluding hydrogens is 248 g/mol. The van der Waals surface area contributed by atoms with E-state index in [4.69, 9.17) is 0 Å². The number of hydrogen-bond acceptors (Lipinski definition) is 2. The minimum atomic E-state index is 0.124. The molecule has 1 amide bonds. The number of pyridine rings is 1. The number of carbonyl (C=O) groups is 1. The van der Waals surface area contributed by atoms with Gasteiger partial charge < -0.3 is 4.90 Å². The van der Waals surface area contributed by atoms with E-state index in [9.17, 15) is 4.79 Å². The smallest absolute Gasteiger partial charge is 0.254 e. The highest BCUT2D eigenvalue weighted by molar-refractivity contribution is 5.94. The molecule has 1 aromatic carbocycles. The Morgan fingerprint density at radius 2 is 1.95 bits per heavy atom. The van der Waals surface area contributed by atoms with Crippen molar-refractivity contribution in [2.75, 3.05) is 6.54 Å². The minimum Gasteiger partial charge on any atom is -0.332 e. The summed E-state index contributed by atoms with van der Waals surface area (Å²) >= 11 is 0. The standard InChI is InChI=1S/C17H18N2O/c20-17(14-7-2-1-3-8-14)19-12-5-4-10-16(19)15-9-6-11-18-13-15/h1-3,6-9,11,13,16H,4-5,10,12H2/t16-/m0/s1. The molecule has 102 valence electrons. The number of carbonyl (C=O) groups excluding carboxylic acids is 1. The van der Waals surface area contributed by atoms with E-state index >= 15 is 0 Å². The maximum atomic E-state index is 12.7. The van der Waals surface area contributed by atoms with Gasteiger partial charge in [0.1, 0.15) is 0 Å². The van der Waals surface area contributed by atoms with Crippen LogP contribution in [0.15, 0.2) is 54.9 Å². The molecule has 1 saturated heterocycles. The first-order chi connectivity index (χ1) is 9.86. The van der Waals surface area contributed by atoms with E-state index in [1.807, 2.05) is 47.5 Å². The van der Waals surface area contributed by atoms with Crippen molar-refractivity contribution in [3.8, 4) is 0 Å². The molecule has 0 spiro atoms. The van der Waals surface area contributed by atoms with Gasteiger partial charge in [-0.05, 0) is 43.0 Å². The lowest BCUT2D eigenvalue weighted by molar-refractivity contribution is 0.0611. The van der Waals surface area contributed by atoms with Gasteiger partial charge in [-0.1, -0.05) is 24.3 Å². The maximum Gasteiger partial charge on any atom is 0.254 e. The first-order valence-electron chi connectivity index (χ1n) is 7.12. The molecule has 3 nitrogen and oxygen atoms in total. The third-order valence-electron chi connectivity index (χ3n) is 3.85. The molecule has 20 heavy (non-hydrogen) atoms. The van der Waals surface area contributed by atoms with Crippen LogP contribution in [-0.4, -0.2) is 22.3 Å². The van der Waals surface area contributed by atoms with Crippen molar-refractivity contribution in [1.29, 1.82) is 0 Å². The Hall–Kier alpha value is -2.16. The van der Waals surface area contributed by atoms with E-state index in [0.717, 1.165) is 36.9 Å². The average Bonchev–Trinajstić information content (AvgIpc) is 2.56. The summed E-state index contributed by atoms with van der Waals surface area (Å²) in [5, 5.41) is 0. The van der Waals surface area contributed by atoms with Gasteiger partial charge in [0, 0.05) is 24.5 Å². The van der Waals surface area contributed by atoms with E-state index in [-0.39, 0.29) is 11.9 Å². The van der Waals surface area contributed by atoms with Crippen molar-refractivity contribution >= 4 is 5.91 Å². The molecule has 1 atom stereocenters. The van der Waals surface area contributed by atoms with Crippen LogP contribution in [0.1, 0.15) is 41.2 Å². The zero-order chi connectivity index (χ0) is 13.8. The molecular formula is C17H18N2O. The van der Waals surface area contributed by atoms with Crippen molar-refractivity contribution < 1.29 is 4.79 Å². The molecule has 1 fully saturated rings. The highest BCUT2D eigenvalue weighted by Crippen LogP contribution is 2.31. The number of rotatable bonds is 2. The van der Waals surface area contributed by atoms with Gasteiger partial charge in [0.2, 0.25) is 0 Å². The largest absolute Gasteiger partial charge is 0.332 e. The predicted octanol–water partition coefficient (Wildman–Crippen LogP) is 3.45. The van der Waals surface area contributed by atoms with Crippen LogP contribution in [0.5, 0.6) is 0 Å². The second kappa shape index (κ2) is 5.87. The van der Waals surface area contributed by atoms with Crippen LogP contribution in [0.4, 0.5) is 0 Å². The van der Waals surface area contributed by atoms with Crippen molar-refractivity contribution in [3.63, 3.8) is 0 Å². The molecule has 2 heterocycles. The van der Waals surface area contributed by atoms with Gasteiger partial charge in [-0.2, -0.15) is 0 Å². The molecule has 3 heteroatoms. The van der Waals surface area contributed by atoms with Crippen LogP contribution in [0.3, 0.4) is 0 Å². The van der Waals surface area contributed by atoms with Gasteiger partial charge in [-0.25, -0.2) is 0 Å². The average molecular weight is 266 g/mol. The number of aromatic nitrogens is 1. The summed E-state index contributed by atoms with van der Waals surface area (Å²) < 4.78 is 0. The van der Waals surface area contributed by atoms with Crippen LogP contribution >= 0.6 is 0 Å². The molecule has 0 N–H and O–H groups in total. The first kappa shape index (κ1) is 12.9. The number of likely N-dealkylation sites (tertiary alicyclic amines) is 1. The van der Waals surface area contributed by atoms with Crippen LogP contribution in [-0.2, 0) is 0 Å². The fraction of sp³-hybridized carbons (Fsp3) is 0.294. The van der Waals surface area contributed by atoms with E-state index in [1.54, 1.807) is 6.20 Å². The van der Waals surface area contributed by atoms with Gasteiger partial charge in [-0.3, -0.25) is 9.78 Å². The molecule has 1 aromatic heterocycles. The highest BCUT2D eigenvalue weighted by Gasteiger charge is 2.28. The van der Waals surface area contributed by atoms with Crippen molar-refractivity contribution in [2.24, 2.45) is 0 Å². The lowest BCUT2D eigenvalue weighted by atomic mass is 9.95. The topological polar surface area (TPSA) is 33.2 Å². The summed E-state index contributed by atoms with van der Waals surface area (Å²) in [5.41, 5.74) is 1.90. The monoisotopic (exact) mass is 266 g/mol. The molecule has 2 aromatic rings. The summed E-state index contributed by atoms with van der Waals surface area (Å²) in [7, 11) is 0. The Morgan fingerprint density at radius 3 is 2.70 bits per heavy atom. The van der Waals surface area contributed by atoms with Crippen LogP contribution < -0.4 is 0 Å². The van der Waals surface area contributed by atoms with Crippen LogP contribution in [0.2, 0.25) is 0 Å². The normalized spacial score (nSPS) is 18.8. The second-order valence-electron chi connectivity index (χ2n) is 5.16. The summed E-state index contributed by atoms with van der Waals surface area (Å²) in [6.07, 6.45) is 6.91. The van der Waals surface area contributed by atoms with Gasteiger partial charge in [0.15, 0.2) is 0 Å². The number of benzene rings is 1. The lowest BCUT2D eigenvalue weighted by Crippen LogP contribution is -2.38. The maximum absolute atomic E-state index is 12.7. The lowest BCUT2D eigenvalue weighted by Gasteiger charge is -2.36. The third kappa shape index (κ3) is 2.57. The Bertz CT molecular complexity index is 568. The molecule has 1 aliphatic rings. The zero-order valence-corrected chi connectivity index (χ0v) is 11.4. The number of nitrogens with zero attached hydrogens (tertiary/aromatic N) is 2. The Labute approximate surface area is 119 Å². The Kier molecular flexibility index (Phi) is 3.77. The van der Waals surface area contributed by atoms with Crippen LogP contribution in [0, 0.1) is 0 Å². The van der Waals surface area contributed by atoms with E-state index in [2.05, 4.69) is 11.1 Å². The van der Waals surface area contributed by atoms with E-state index in [0.29, 0.717) is 0 Å². The number of hydrogen-bond donors (Lipinski definition) is 0. The quantitative estimate of drug-likeness (QED) is 0.834. The fourth-order valence-electron chi connectivity index (χ4n) is 2.84. The third-order valence-corrected chi connectivity index (χ3v) is 3.85. The van der Waals surface area contributed by atoms with Crippen molar-refractivity contribution in [1.82, 2.24) is 9.88 Å². The van der Waals surface area contributed by atoms with E-state index < -0.39 is 0 Å². The Morgan fingerprint density at radius 1 is 1.10 bits per heavy atom. The highest BCUT2D eigenvalue weighted by atomic mass is 16.2. The number of amides is 1.